The van der Waals surface area contributed by atoms with Gasteiger partial charge in [-0.1, -0.05) is 41.3 Å². The van der Waals surface area contributed by atoms with Gasteiger partial charge in [-0.3, -0.25) is 4.90 Å². The Labute approximate surface area is 135 Å². The van der Waals surface area contributed by atoms with Crippen LogP contribution >= 0.6 is 15.9 Å². The molecule has 0 unspecified atom stereocenters. The molecule has 3 rings (SSSR count). The van der Waals surface area contributed by atoms with Gasteiger partial charge in [-0.2, -0.15) is 0 Å². The van der Waals surface area contributed by atoms with E-state index in [0.29, 0.717) is 5.54 Å². The molecule has 1 saturated heterocycles. The first-order valence-electron chi connectivity index (χ1n) is 8.08. The summed E-state index contributed by atoms with van der Waals surface area (Å²) >= 11 is 3.50. The molecule has 1 aromatic rings. The lowest BCUT2D eigenvalue weighted by molar-refractivity contribution is 0.159. The van der Waals surface area contributed by atoms with Crippen molar-refractivity contribution in [2.24, 2.45) is 0 Å². The molecule has 2 nitrogen and oxygen atoms in total. The zero-order valence-corrected chi connectivity index (χ0v) is 14.1. The number of rotatable bonds is 2. The van der Waals surface area contributed by atoms with Gasteiger partial charge in [0.2, 0.25) is 0 Å². The fourth-order valence-corrected chi connectivity index (χ4v) is 4.28. The molecule has 1 aliphatic carbocycles. The Morgan fingerprint density at radius 1 is 1.19 bits per heavy atom. The van der Waals surface area contributed by atoms with Gasteiger partial charge >= 0.3 is 0 Å². The van der Waals surface area contributed by atoms with Crippen molar-refractivity contribution in [3.05, 3.63) is 34.1 Å². The SMILES string of the molecule is Fc1ccc(CN2CCCNC3(CCCCC3)C2)c(Br)c1. The summed E-state index contributed by atoms with van der Waals surface area (Å²) in [6, 6.07) is 5.04. The molecule has 0 atom stereocenters. The Morgan fingerprint density at radius 3 is 2.76 bits per heavy atom. The molecular formula is C17H24BrFN2. The summed E-state index contributed by atoms with van der Waals surface area (Å²) in [7, 11) is 0. The zero-order chi connectivity index (χ0) is 14.7. The number of nitrogens with zero attached hydrogens (tertiary/aromatic N) is 1. The quantitative estimate of drug-likeness (QED) is 0.860. The van der Waals surface area contributed by atoms with E-state index < -0.39 is 0 Å². The van der Waals surface area contributed by atoms with Crippen LogP contribution in [0.25, 0.3) is 0 Å². The molecule has 1 heterocycles. The largest absolute Gasteiger partial charge is 0.310 e. The summed E-state index contributed by atoms with van der Waals surface area (Å²) in [6.07, 6.45) is 7.87. The van der Waals surface area contributed by atoms with Gasteiger partial charge in [0.15, 0.2) is 0 Å². The van der Waals surface area contributed by atoms with E-state index in [1.807, 2.05) is 6.07 Å². The van der Waals surface area contributed by atoms with Crippen molar-refractivity contribution in [3.8, 4) is 0 Å². The minimum absolute atomic E-state index is 0.174. The Hall–Kier alpha value is -0.450. The molecule has 1 aromatic carbocycles. The fraction of sp³-hybridized carbons (Fsp3) is 0.647. The van der Waals surface area contributed by atoms with Crippen molar-refractivity contribution in [1.29, 1.82) is 0 Å². The summed E-state index contributed by atoms with van der Waals surface area (Å²) in [6.45, 7) is 4.28. The molecule has 0 aromatic heterocycles. The summed E-state index contributed by atoms with van der Waals surface area (Å²) in [5.74, 6) is -0.174. The van der Waals surface area contributed by atoms with Gasteiger partial charge in [-0.05, 0) is 50.0 Å². The van der Waals surface area contributed by atoms with Crippen LogP contribution in [0.4, 0.5) is 4.39 Å². The Kier molecular flexibility index (Phi) is 4.97. The third-order valence-corrected chi connectivity index (χ3v) is 5.64. The molecule has 0 amide bonds. The second-order valence-electron chi connectivity index (χ2n) is 6.57. The smallest absolute Gasteiger partial charge is 0.124 e. The zero-order valence-electron chi connectivity index (χ0n) is 12.5. The third-order valence-electron chi connectivity index (χ3n) is 4.90. The van der Waals surface area contributed by atoms with Crippen LogP contribution in [-0.2, 0) is 6.54 Å². The maximum absolute atomic E-state index is 13.2. The lowest BCUT2D eigenvalue weighted by atomic mass is 9.81. The highest BCUT2D eigenvalue weighted by Gasteiger charge is 2.34. The molecule has 1 N–H and O–H groups in total. The Balaban J connectivity index is 1.71. The maximum atomic E-state index is 13.2. The average Bonchev–Trinajstić information content (AvgIpc) is 2.65. The van der Waals surface area contributed by atoms with E-state index in [4.69, 9.17) is 0 Å². The van der Waals surface area contributed by atoms with Crippen LogP contribution in [0.15, 0.2) is 22.7 Å². The summed E-state index contributed by atoms with van der Waals surface area (Å²) in [5, 5.41) is 3.82. The number of nitrogens with one attached hydrogen (secondary N) is 1. The van der Waals surface area contributed by atoms with E-state index in [-0.39, 0.29) is 5.82 Å². The van der Waals surface area contributed by atoms with E-state index in [2.05, 4.69) is 26.1 Å². The van der Waals surface area contributed by atoms with Gasteiger partial charge in [0.05, 0.1) is 0 Å². The van der Waals surface area contributed by atoms with Crippen LogP contribution in [0, 0.1) is 5.82 Å². The second kappa shape index (κ2) is 6.76. The fourth-order valence-electron chi connectivity index (χ4n) is 3.81. The normalized spacial score (nSPS) is 23.1. The number of benzene rings is 1. The highest BCUT2D eigenvalue weighted by atomic mass is 79.9. The molecular weight excluding hydrogens is 331 g/mol. The third kappa shape index (κ3) is 3.85. The van der Waals surface area contributed by atoms with E-state index in [9.17, 15) is 4.39 Å². The number of hydrogen-bond acceptors (Lipinski definition) is 2. The van der Waals surface area contributed by atoms with Gasteiger partial charge in [-0.15, -0.1) is 0 Å². The molecule has 116 valence electrons. The minimum Gasteiger partial charge on any atom is -0.310 e. The number of halogens is 2. The highest BCUT2D eigenvalue weighted by Crippen LogP contribution is 2.31. The van der Waals surface area contributed by atoms with Gasteiger partial charge in [-0.25, -0.2) is 4.39 Å². The van der Waals surface area contributed by atoms with Gasteiger partial charge in [0.1, 0.15) is 5.82 Å². The van der Waals surface area contributed by atoms with Crippen molar-refractivity contribution in [1.82, 2.24) is 10.2 Å². The van der Waals surface area contributed by atoms with Crippen LogP contribution in [0.2, 0.25) is 0 Å². The molecule has 1 saturated carbocycles. The van der Waals surface area contributed by atoms with Crippen LogP contribution in [0.1, 0.15) is 44.1 Å². The molecule has 1 spiro atoms. The molecule has 21 heavy (non-hydrogen) atoms. The first kappa shape index (κ1) is 15.4. The summed E-state index contributed by atoms with van der Waals surface area (Å²) < 4.78 is 14.1. The molecule has 2 fully saturated rings. The van der Waals surface area contributed by atoms with Gasteiger partial charge in [0.25, 0.3) is 0 Å². The Morgan fingerprint density at radius 2 is 2.00 bits per heavy atom. The first-order chi connectivity index (χ1) is 10.2. The lowest BCUT2D eigenvalue weighted by Gasteiger charge is -2.40. The monoisotopic (exact) mass is 354 g/mol. The van der Waals surface area contributed by atoms with Gasteiger partial charge in [0, 0.05) is 23.1 Å². The summed E-state index contributed by atoms with van der Waals surface area (Å²) in [4.78, 5) is 2.54. The van der Waals surface area contributed by atoms with Crippen LogP contribution < -0.4 is 5.32 Å². The van der Waals surface area contributed by atoms with Gasteiger partial charge < -0.3 is 5.32 Å². The molecule has 4 heteroatoms. The Bertz CT molecular complexity index is 486. The highest BCUT2D eigenvalue weighted by molar-refractivity contribution is 9.10. The number of hydrogen-bond donors (Lipinski definition) is 1. The molecule has 2 aliphatic rings. The lowest BCUT2D eigenvalue weighted by Crippen LogP contribution is -2.52. The summed E-state index contributed by atoms with van der Waals surface area (Å²) in [5.41, 5.74) is 1.51. The predicted molar refractivity (Wildman–Crippen MR) is 87.8 cm³/mol. The van der Waals surface area contributed by atoms with Crippen molar-refractivity contribution in [2.45, 2.75) is 50.6 Å². The van der Waals surface area contributed by atoms with E-state index >= 15 is 0 Å². The topological polar surface area (TPSA) is 15.3 Å². The molecule has 0 bridgehead atoms. The van der Waals surface area contributed by atoms with Crippen molar-refractivity contribution >= 4 is 15.9 Å². The van der Waals surface area contributed by atoms with E-state index in [1.54, 1.807) is 12.1 Å². The second-order valence-corrected chi connectivity index (χ2v) is 7.42. The average molecular weight is 355 g/mol. The molecule has 1 aliphatic heterocycles. The van der Waals surface area contributed by atoms with Crippen LogP contribution in [-0.4, -0.2) is 30.1 Å². The first-order valence-corrected chi connectivity index (χ1v) is 8.88. The minimum atomic E-state index is -0.174. The van der Waals surface area contributed by atoms with Crippen LogP contribution in [0.5, 0.6) is 0 Å². The van der Waals surface area contributed by atoms with E-state index in [1.165, 1.54) is 44.1 Å². The van der Waals surface area contributed by atoms with E-state index in [0.717, 1.165) is 30.7 Å². The van der Waals surface area contributed by atoms with Crippen LogP contribution in [0.3, 0.4) is 0 Å². The van der Waals surface area contributed by atoms with Crippen molar-refractivity contribution in [2.75, 3.05) is 19.6 Å². The van der Waals surface area contributed by atoms with Crippen molar-refractivity contribution < 1.29 is 4.39 Å². The molecule has 0 radical (unpaired) electrons. The van der Waals surface area contributed by atoms with Crippen molar-refractivity contribution in [3.63, 3.8) is 0 Å². The standard InChI is InChI=1S/C17H24BrFN2/c18-16-11-15(19)6-5-14(16)12-21-10-4-9-20-17(13-21)7-2-1-3-8-17/h5-6,11,20H,1-4,7-10,12-13H2. The maximum Gasteiger partial charge on any atom is 0.124 e. The predicted octanol–water partition coefficient (Wildman–Crippen LogP) is 4.09.